The van der Waals surface area contributed by atoms with E-state index < -0.39 is 6.04 Å². The second-order valence-electron chi connectivity index (χ2n) is 8.27. The van der Waals surface area contributed by atoms with Crippen molar-refractivity contribution in [1.29, 1.82) is 5.26 Å². The van der Waals surface area contributed by atoms with Gasteiger partial charge < -0.3 is 14.9 Å². The highest BCUT2D eigenvalue weighted by atomic mass is 16.3. The lowest BCUT2D eigenvalue weighted by Gasteiger charge is -2.51. The normalized spacial score (nSPS) is 22.7. The Balaban J connectivity index is 1.52. The SMILES string of the molecule is CN(C)C(=O)c1ccc(-c2ccc([C@H]3[C@@H](C#N)N(C(=O)C4CC4)[C@H]3CO)cc2)cc1. The number of rotatable bonds is 5. The average molecular weight is 403 g/mol. The maximum atomic E-state index is 12.5. The van der Waals surface area contributed by atoms with Crippen LogP contribution in [0.1, 0.15) is 34.7 Å². The van der Waals surface area contributed by atoms with Gasteiger partial charge in [-0.2, -0.15) is 5.26 Å². The van der Waals surface area contributed by atoms with Crippen LogP contribution in [0, 0.1) is 17.2 Å². The zero-order valence-corrected chi connectivity index (χ0v) is 17.2. The van der Waals surface area contributed by atoms with E-state index in [4.69, 9.17) is 0 Å². The van der Waals surface area contributed by atoms with Crippen LogP contribution in [0.2, 0.25) is 0 Å². The van der Waals surface area contributed by atoms with Gasteiger partial charge >= 0.3 is 0 Å². The summed E-state index contributed by atoms with van der Waals surface area (Å²) in [6, 6.07) is 16.7. The van der Waals surface area contributed by atoms with Crippen LogP contribution >= 0.6 is 0 Å². The first-order valence-corrected chi connectivity index (χ1v) is 10.2. The van der Waals surface area contributed by atoms with Crippen molar-refractivity contribution in [3.8, 4) is 17.2 Å². The van der Waals surface area contributed by atoms with Crippen molar-refractivity contribution in [3.05, 3.63) is 59.7 Å². The molecule has 2 aliphatic rings. The Morgan fingerprint density at radius 1 is 1.07 bits per heavy atom. The quantitative estimate of drug-likeness (QED) is 0.832. The van der Waals surface area contributed by atoms with Gasteiger partial charge in [-0.1, -0.05) is 36.4 Å². The number of nitriles is 1. The Kier molecular flexibility index (Phi) is 5.31. The lowest BCUT2D eigenvalue weighted by Crippen LogP contribution is -2.65. The van der Waals surface area contributed by atoms with Gasteiger partial charge in [0.25, 0.3) is 5.91 Å². The summed E-state index contributed by atoms with van der Waals surface area (Å²) in [5.41, 5.74) is 3.58. The number of carbonyl (C=O) groups is 2. The smallest absolute Gasteiger partial charge is 0.253 e. The molecule has 1 aliphatic carbocycles. The number of aliphatic hydroxyl groups excluding tert-OH is 1. The van der Waals surface area contributed by atoms with E-state index in [1.165, 1.54) is 0 Å². The lowest BCUT2D eigenvalue weighted by atomic mass is 9.75. The summed E-state index contributed by atoms with van der Waals surface area (Å²) in [6.45, 7) is -0.148. The van der Waals surface area contributed by atoms with Crippen molar-refractivity contribution in [2.75, 3.05) is 20.7 Å². The van der Waals surface area contributed by atoms with Gasteiger partial charge in [0.2, 0.25) is 5.91 Å². The fourth-order valence-corrected chi connectivity index (χ4v) is 4.21. The van der Waals surface area contributed by atoms with Gasteiger partial charge in [0, 0.05) is 31.5 Å². The molecule has 1 N–H and O–H groups in total. The highest BCUT2D eigenvalue weighted by Crippen LogP contribution is 2.44. The fraction of sp³-hybridized carbons (Fsp3) is 0.375. The minimum Gasteiger partial charge on any atom is -0.394 e. The van der Waals surface area contributed by atoms with Gasteiger partial charge in [-0.05, 0) is 41.7 Å². The number of amides is 2. The van der Waals surface area contributed by atoms with E-state index in [1.54, 1.807) is 23.9 Å². The number of hydrogen-bond donors (Lipinski definition) is 1. The van der Waals surface area contributed by atoms with Crippen LogP contribution in [-0.4, -0.2) is 59.5 Å². The molecule has 0 bridgehead atoms. The van der Waals surface area contributed by atoms with Crippen molar-refractivity contribution >= 4 is 11.8 Å². The summed E-state index contributed by atoms with van der Waals surface area (Å²) in [6.07, 6.45) is 1.76. The van der Waals surface area contributed by atoms with Crippen molar-refractivity contribution in [2.45, 2.75) is 30.8 Å². The third kappa shape index (κ3) is 3.46. The summed E-state index contributed by atoms with van der Waals surface area (Å²) < 4.78 is 0. The summed E-state index contributed by atoms with van der Waals surface area (Å²) in [5, 5.41) is 19.5. The molecule has 3 atom stereocenters. The number of aliphatic hydroxyl groups is 1. The highest BCUT2D eigenvalue weighted by molar-refractivity contribution is 5.94. The number of nitrogens with zero attached hydrogens (tertiary/aromatic N) is 3. The first kappa shape index (κ1) is 20.1. The molecule has 0 radical (unpaired) electrons. The lowest BCUT2D eigenvalue weighted by molar-refractivity contribution is -0.148. The standard InChI is InChI=1S/C24H25N3O3/c1-26(2)23(29)18-9-5-16(6-10-18)15-3-7-17(8-4-15)22-20(13-25)27(21(22)14-28)24(30)19-11-12-19/h3-10,19-22,28H,11-12,14H2,1-2H3/t20-,21+,22+/m1/s1. The summed E-state index contributed by atoms with van der Waals surface area (Å²) in [4.78, 5) is 27.7. The minimum atomic E-state index is -0.530. The molecule has 1 saturated heterocycles. The molecule has 2 aromatic carbocycles. The Labute approximate surface area is 176 Å². The van der Waals surface area contributed by atoms with E-state index in [1.807, 2.05) is 48.5 Å². The molecule has 2 fully saturated rings. The molecule has 1 heterocycles. The summed E-state index contributed by atoms with van der Waals surface area (Å²) in [7, 11) is 3.45. The Morgan fingerprint density at radius 3 is 2.10 bits per heavy atom. The van der Waals surface area contributed by atoms with Gasteiger partial charge in [-0.15, -0.1) is 0 Å². The second-order valence-corrected chi connectivity index (χ2v) is 8.27. The molecule has 30 heavy (non-hydrogen) atoms. The average Bonchev–Trinajstić information content (AvgIpc) is 3.59. The fourth-order valence-electron chi connectivity index (χ4n) is 4.21. The molecular formula is C24H25N3O3. The van der Waals surface area contributed by atoms with Crippen LogP contribution in [-0.2, 0) is 4.79 Å². The minimum absolute atomic E-state index is 0.000770. The van der Waals surface area contributed by atoms with Gasteiger partial charge in [0.05, 0.1) is 18.7 Å². The molecule has 6 nitrogen and oxygen atoms in total. The number of benzene rings is 2. The van der Waals surface area contributed by atoms with Crippen LogP contribution in [0.4, 0.5) is 0 Å². The van der Waals surface area contributed by atoms with Crippen molar-refractivity contribution < 1.29 is 14.7 Å². The van der Waals surface area contributed by atoms with Gasteiger partial charge in [-0.25, -0.2) is 0 Å². The predicted molar refractivity (Wildman–Crippen MR) is 112 cm³/mol. The molecule has 4 rings (SSSR count). The van der Waals surface area contributed by atoms with Crippen LogP contribution in [0.15, 0.2) is 48.5 Å². The van der Waals surface area contributed by atoms with Crippen molar-refractivity contribution in [1.82, 2.24) is 9.80 Å². The molecule has 0 spiro atoms. The maximum absolute atomic E-state index is 12.5. The molecule has 2 amide bonds. The molecule has 0 unspecified atom stereocenters. The largest absolute Gasteiger partial charge is 0.394 e. The van der Waals surface area contributed by atoms with E-state index in [0.717, 1.165) is 29.5 Å². The number of hydrogen-bond acceptors (Lipinski definition) is 4. The third-order valence-electron chi connectivity index (χ3n) is 6.08. The van der Waals surface area contributed by atoms with Gasteiger partial charge in [0.1, 0.15) is 6.04 Å². The zero-order chi connectivity index (χ0) is 21.4. The molecular weight excluding hydrogens is 378 g/mol. The Hall–Kier alpha value is -3.17. The topological polar surface area (TPSA) is 84.6 Å². The molecule has 2 aromatic rings. The maximum Gasteiger partial charge on any atom is 0.253 e. The summed E-state index contributed by atoms with van der Waals surface area (Å²) >= 11 is 0. The highest BCUT2D eigenvalue weighted by Gasteiger charge is 2.53. The van der Waals surface area contributed by atoms with Crippen LogP contribution < -0.4 is 0 Å². The Bertz CT molecular complexity index is 988. The van der Waals surface area contributed by atoms with Crippen molar-refractivity contribution in [3.63, 3.8) is 0 Å². The molecule has 1 saturated carbocycles. The Morgan fingerprint density at radius 2 is 1.63 bits per heavy atom. The van der Waals surface area contributed by atoms with E-state index in [9.17, 15) is 20.0 Å². The molecule has 0 aromatic heterocycles. The van der Waals surface area contributed by atoms with Gasteiger partial charge in [0.15, 0.2) is 0 Å². The summed E-state index contributed by atoms with van der Waals surface area (Å²) in [5.74, 6) is -0.192. The van der Waals surface area contributed by atoms with E-state index in [-0.39, 0.29) is 36.3 Å². The molecule has 154 valence electrons. The second kappa shape index (κ2) is 7.92. The first-order chi connectivity index (χ1) is 14.5. The zero-order valence-electron chi connectivity index (χ0n) is 17.2. The number of carbonyl (C=O) groups excluding carboxylic acids is 2. The van der Waals surface area contributed by atoms with E-state index in [2.05, 4.69) is 6.07 Å². The van der Waals surface area contributed by atoms with E-state index in [0.29, 0.717) is 5.56 Å². The first-order valence-electron chi connectivity index (χ1n) is 10.2. The van der Waals surface area contributed by atoms with Crippen LogP contribution in [0.3, 0.4) is 0 Å². The predicted octanol–water partition coefficient (Wildman–Crippen LogP) is 2.64. The van der Waals surface area contributed by atoms with E-state index >= 15 is 0 Å². The molecule has 1 aliphatic heterocycles. The van der Waals surface area contributed by atoms with Crippen LogP contribution in [0.25, 0.3) is 11.1 Å². The third-order valence-corrected chi connectivity index (χ3v) is 6.08. The number of likely N-dealkylation sites (tertiary alicyclic amines) is 1. The molecule has 6 heteroatoms. The van der Waals surface area contributed by atoms with Crippen molar-refractivity contribution in [2.24, 2.45) is 5.92 Å². The monoisotopic (exact) mass is 403 g/mol. The van der Waals surface area contributed by atoms with Gasteiger partial charge in [-0.3, -0.25) is 9.59 Å². The van der Waals surface area contributed by atoms with Crippen LogP contribution in [0.5, 0.6) is 0 Å².